The Kier molecular flexibility index (Phi) is 12.4. The van der Waals surface area contributed by atoms with Crippen LogP contribution in [0.5, 0.6) is 5.06 Å². The van der Waals surface area contributed by atoms with Crippen LogP contribution < -0.4 is 9.64 Å². The van der Waals surface area contributed by atoms with Crippen molar-refractivity contribution in [3.63, 3.8) is 0 Å². The fraction of sp³-hybridized carbons (Fsp3) is 0.390. The Morgan fingerprint density at radius 2 is 1.64 bits per heavy atom. The number of ether oxygens (including phenoxy) is 2. The molecule has 2 aliphatic rings. The summed E-state index contributed by atoms with van der Waals surface area (Å²) >= 11 is 10.4. The lowest BCUT2D eigenvalue weighted by Gasteiger charge is -2.27. The van der Waals surface area contributed by atoms with Crippen molar-refractivity contribution in [2.45, 2.75) is 78.1 Å². The molecule has 2 aromatic carbocycles. The van der Waals surface area contributed by atoms with Gasteiger partial charge in [0.25, 0.3) is 16.6 Å². The van der Waals surface area contributed by atoms with Crippen LogP contribution in [-0.2, 0) is 30.5 Å². The molecule has 0 radical (unpaired) electrons. The highest BCUT2D eigenvalue weighted by molar-refractivity contribution is 9.11. The number of esters is 1. The first-order chi connectivity index (χ1) is 26.0. The van der Waals surface area contributed by atoms with Gasteiger partial charge in [0.15, 0.2) is 10.8 Å². The van der Waals surface area contributed by atoms with Crippen LogP contribution in [-0.4, -0.2) is 61.1 Å². The number of fused-ring (bicyclic) bond motifs is 6. The zero-order chi connectivity index (χ0) is 39.9. The summed E-state index contributed by atoms with van der Waals surface area (Å²) in [6.45, 7) is 14.9. The number of benzene rings is 2. The Hall–Kier alpha value is -3.14. The van der Waals surface area contributed by atoms with Gasteiger partial charge in [-0.05, 0) is 88.4 Å². The Morgan fingerprint density at radius 3 is 2.31 bits per heavy atom. The maximum absolute atomic E-state index is 13.0. The average Bonchev–Trinajstić information content (AvgIpc) is 3.84. The molecule has 0 atom stereocenters. The van der Waals surface area contributed by atoms with Crippen molar-refractivity contribution < 1.29 is 36.6 Å². The van der Waals surface area contributed by atoms with Gasteiger partial charge in [-0.25, -0.2) is 4.79 Å². The third-order valence-corrected chi connectivity index (χ3v) is 15.0. The van der Waals surface area contributed by atoms with Gasteiger partial charge in [-0.15, -0.1) is 11.3 Å². The summed E-state index contributed by atoms with van der Waals surface area (Å²) in [6, 6.07) is 8.10. The van der Waals surface area contributed by atoms with Crippen molar-refractivity contribution in [2.24, 2.45) is 0 Å². The van der Waals surface area contributed by atoms with Crippen LogP contribution >= 0.6 is 54.5 Å². The number of unbranched alkanes of at least 4 members (excludes halogenated alkanes) is 1. The molecule has 6 rings (SSSR count). The Balaban J connectivity index is 1.37. The van der Waals surface area contributed by atoms with Gasteiger partial charge in [-0.3, -0.25) is 9.35 Å². The third kappa shape index (κ3) is 8.04. The highest BCUT2D eigenvalue weighted by Gasteiger charge is 2.46. The number of carbonyl (C=O) groups is 2. The zero-order valence-corrected chi connectivity index (χ0v) is 37.3. The van der Waals surface area contributed by atoms with Crippen LogP contribution in [0.4, 0.5) is 11.4 Å². The van der Waals surface area contributed by atoms with Crippen LogP contribution in [0.15, 0.2) is 69.3 Å². The predicted octanol–water partition coefficient (Wildman–Crippen LogP) is 11.0. The van der Waals surface area contributed by atoms with Gasteiger partial charge in [0.2, 0.25) is 5.69 Å². The minimum Gasteiger partial charge on any atom is -0.462 e. The summed E-state index contributed by atoms with van der Waals surface area (Å²) in [7, 11) is -4.15. The van der Waals surface area contributed by atoms with E-state index in [-0.39, 0.29) is 23.6 Å². The fourth-order valence-corrected chi connectivity index (χ4v) is 11.4. The number of nitrogens with zero attached hydrogens (tertiary/aromatic N) is 2. The number of rotatable bonds is 15. The highest BCUT2D eigenvalue weighted by Crippen LogP contribution is 2.55. The second-order valence-corrected chi connectivity index (χ2v) is 20.1. The summed E-state index contributed by atoms with van der Waals surface area (Å²) in [4.78, 5) is 26.9. The SMILES string of the molecule is CCCCOC(=O)c1cc2c3c(cc(Br)c2s1)C(C)(C)C(C=CC=CC=C1N(CCCS(=O)(=O)O)c2c(cc(Br)c4sc(OC=O)cc24)C1(C)C)=[N+]3CCC. The molecule has 0 saturated carbocycles. The van der Waals surface area contributed by atoms with Gasteiger partial charge < -0.3 is 14.4 Å². The lowest BCUT2D eigenvalue weighted by atomic mass is 9.81. The summed E-state index contributed by atoms with van der Waals surface area (Å²) in [5, 5.41) is 2.39. The molecule has 0 aliphatic carbocycles. The summed E-state index contributed by atoms with van der Waals surface area (Å²) < 4.78 is 49.9. The van der Waals surface area contributed by atoms with Crippen molar-refractivity contribution in [3.05, 3.63) is 85.3 Å². The zero-order valence-electron chi connectivity index (χ0n) is 31.7. The van der Waals surface area contributed by atoms with Crippen LogP contribution in [0, 0.1) is 0 Å². The molecule has 292 valence electrons. The van der Waals surface area contributed by atoms with Gasteiger partial charge >= 0.3 is 5.97 Å². The van der Waals surface area contributed by atoms with Gasteiger partial charge in [0.1, 0.15) is 11.4 Å². The van der Waals surface area contributed by atoms with Gasteiger partial charge in [0, 0.05) is 56.1 Å². The molecule has 0 unspecified atom stereocenters. The van der Waals surface area contributed by atoms with Gasteiger partial charge in [0.05, 0.1) is 38.2 Å². The lowest BCUT2D eigenvalue weighted by molar-refractivity contribution is -0.436. The van der Waals surface area contributed by atoms with Crippen LogP contribution in [0.25, 0.3) is 20.2 Å². The van der Waals surface area contributed by atoms with Crippen molar-refractivity contribution in [1.82, 2.24) is 0 Å². The van der Waals surface area contributed by atoms with Crippen molar-refractivity contribution >= 4 is 114 Å². The number of hydrogen-bond donors (Lipinski definition) is 1. The molecule has 14 heteroatoms. The molecule has 1 N–H and O–H groups in total. The van der Waals surface area contributed by atoms with E-state index in [2.05, 4.69) is 107 Å². The third-order valence-electron chi connectivity index (χ3n) is 10.2. The molecule has 0 saturated heterocycles. The van der Waals surface area contributed by atoms with Crippen molar-refractivity contribution in [2.75, 3.05) is 30.3 Å². The quantitative estimate of drug-likeness (QED) is 0.0313. The molecule has 0 bridgehead atoms. The number of thiophene rings is 2. The minimum absolute atomic E-state index is 0.213. The Bertz CT molecular complexity index is 2420. The molecule has 4 aromatic rings. The molecular weight excluding hydrogens is 888 g/mol. The van der Waals surface area contributed by atoms with Crippen LogP contribution in [0.3, 0.4) is 0 Å². The largest absolute Gasteiger partial charge is 0.462 e. The number of hydrogen-bond acceptors (Lipinski definition) is 9. The molecular formula is C41H45Br2N2O7S3+. The van der Waals surface area contributed by atoms with E-state index in [1.165, 1.54) is 28.2 Å². The van der Waals surface area contributed by atoms with Crippen molar-refractivity contribution in [1.29, 1.82) is 0 Å². The van der Waals surface area contributed by atoms with Gasteiger partial charge in [-0.1, -0.05) is 63.7 Å². The predicted molar refractivity (Wildman–Crippen MR) is 232 cm³/mol. The summed E-state index contributed by atoms with van der Waals surface area (Å²) in [6.07, 6.45) is 13.2. The van der Waals surface area contributed by atoms with E-state index >= 15 is 0 Å². The fourth-order valence-electron chi connectivity index (χ4n) is 7.64. The van der Waals surface area contributed by atoms with E-state index in [1.807, 2.05) is 30.4 Å². The van der Waals surface area contributed by atoms with E-state index in [0.29, 0.717) is 29.6 Å². The number of halogens is 2. The number of allylic oxidation sites excluding steroid dienone is 6. The first-order valence-electron chi connectivity index (χ1n) is 18.3. The van der Waals surface area contributed by atoms with E-state index in [0.717, 1.165) is 83.3 Å². The molecule has 55 heavy (non-hydrogen) atoms. The second kappa shape index (κ2) is 16.4. The standard InChI is InChI=1S/C41H44Br2N2O7S3/c1-7-9-18-51-39(47)31-20-25-35-27(22-29(42)37(25)53-31)40(3,4)32(44(35)16-8-2)14-11-10-12-15-33-41(5,6)28-23-30(43)38-26(21-34(54-38)52-24-46)36(28)45(33)17-13-19-55(48,49)50/h10-12,14-15,20-24H,7-9,13,16-19H2,1-6H3/p+1. The average molecular weight is 934 g/mol. The molecule has 0 amide bonds. The Labute approximate surface area is 347 Å². The normalized spacial score (nSPS) is 17.0. The van der Waals surface area contributed by atoms with Crippen molar-refractivity contribution in [3.8, 4) is 5.06 Å². The maximum atomic E-state index is 13.0. The van der Waals surface area contributed by atoms with E-state index in [1.54, 1.807) is 0 Å². The molecule has 2 aliphatic heterocycles. The summed E-state index contributed by atoms with van der Waals surface area (Å²) in [5.74, 6) is -0.648. The first kappa shape index (κ1) is 41.5. The first-order valence-corrected chi connectivity index (χ1v) is 23.1. The summed E-state index contributed by atoms with van der Waals surface area (Å²) in [5.41, 5.74) is 5.61. The smallest absolute Gasteiger partial charge is 0.348 e. The van der Waals surface area contributed by atoms with Crippen LogP contribution in [0.2, 0.25) is 0 Å². The molecule has 4 heterocycles. The molecule has 9 nitrogen and oxygen atoms in total. The highest BCUT2D eigenvalue weighted by atomic mass is 79.9. The number of anilines is 1. The second-order valence-electron chi connectivity index (χ2n) is 14.7. The van der Waals surface area contributed by atoms with E-state index in [9.17, 15) is 22.6 Å². The monoisotopic (exact) mass is 931 g/mol. The minimum atomic E-state index is -4.15. The number of carbonyl (C=O) groups excluding carboxylic acids is 2. The topological polar surface area (TPSA) is 113 Å². The molecule has 2 aromatic heterocycles. The van der Waals surface area contributed by atoms with Gasteiger partial charge in [-0.2, -0.15) is 13.0 Å². The van der Waals surface area contributed by atoms with Crippen LogP contribution in [0.1, 0.15) is 88.0 Å². The van der Waals surface area contributed by atoms with E-state index in [4.69, 9.17) is 9.47 Å². The molecule has 0 fully saturated rings. The molecule has 0 spiro atoms. The Morgan fingerprint density at radius 1 is 0.927 bits per heavy atom. The maximum Gasteiger partial charge on any atom is 0.348 e. The lowest BCUT2D eigenvalue weighted by Crippen LogP contribution is -2.28. The van der Waals surface area contributed by atoms with E-state index < -0.39 is 15.5 Å².